The third kappa shape index (κ3) is 4.12. The molecule has 3 unspecified atom stereocenters. The fourth-order valence-corrected chi connectivity index (χ4v) is 3.30. The molecule has 6 heteroatoms. The fourth-order valence-electron chi connectivity index (χ4n) is 3.30. The van der Waals surface area contributed by atoms with Crippen LogP contribution in [0.5, 0.6) is 0 Å². The third-order valence-electron chi connectivity index (χ3n) is 5.02. The quantitative estimate of drug-likeness (QED) is 0.907. The van der Waals surface area contributed by atoms with Crippen molar-refractivity contribution in [3.05, 3.63) is 35.6 Å². The lowest BCUT2D eigenvalue weighted by atomic mass is 9.96. The highest BCUT2D eigenvalue weighted by Crippen LogP contribution is 2.23. The third-order valence-corrected chi connectivity index (χ3v) is 5.02. The van der Waals surface area contributed by atoms with E-state index in [-0.39, 0.29) is 23.9 Å². The van der Waals surface area contributed by atoms with E-state index in [2.05, 4.69) is 0 Å². The molecule has 2 saturated heterocycles. The van der Waals surface area contributed by atoms with Gasteiger partial charge in [0.15, 0.2) is 0 Å². The van der Waals surface area contributed by atoms with Crippen LogP contribution in [0.2, 0.25) is 0 Å². The van der Waals surface area contributed by atoms with E-state index in [1.807, 2.05) is 16.7 Å². The van der Waals surface area contributed by atoms with Gasteiger partial charge in [0.2, 0.25) is 5.91 Å². The van der Waals surface area contributed by atoms with Crippen molar-refractivity contribution >= 4 is 5.91 Å². The van der Waals surface area contributed by atoms with Gasteiger partial charge in [-0.25, -0.2) is 4.39 Å². The maximum Gasteiger partial charge on any atom is 0.236 e. The number of piperidine rings is 1. The fraction of sp³-hybridized carbons (Fsp3) is 0.611. The zero-order chi connectivity index (χ0) is 17.1. The molecule has 1 amide bonds. The lowest BCUT2D eigenvalue weighted by molar-refractivity contribution is -0.141. The Bertz CT molecular complexity index is 566. The number of carbonyl (C=O) groups excluding carboxylic acids is 1. The van der Waals surface area contributed by atoms with Crippen LogP contribution in [0.4, 0.5) is 4.39 Å². The summed E-state index contributed by atoms with van der Waals surface area (Å²) in [5, 5.41) is 9.97. The maximum absolute atomic E-state index is 13.0. The number of ether oxygens (including phenoxy) is 1. The maximum atomic E-state index is 13.0. The van der Waals surface area contributed by atoms with Crippen LogP contribution in [0.3, 0.4) is 0 Å². The van der Waals surface area contributed by atoms with Crippen molar-refractivity contribution in [3.8, 4) is 0 Å². The van der Waals surface area contributed by atoms with Crippen molar-refractivity contribution < 1.29 is 19.0 Å². The summed E-state index contributed by atoms with van der Waals surface area (Å²) >= 11 is 0. The summed E-state index contributed by atoms with van der Waals surface area (Å²) < 4.78 is 18.8. The molecule has 1 N–H and O–H groups in total. The number of carbonyl (C=O) groups is 1. The minimum Gasteiger partial charge on any atom is -0.392 e. The molecular formula is C18H25FN2O3. The van der Waals surface area contributed by atoms with E-state index in [4.69, 9.17) is 4.74 Å². The van der Waals surface area contributed by atoms with Gasteiger partial charge in [0, 0.05) is 13.1 Å². The number of aliphatic hydroxyl groups excluding tert-OH is 1. The van der Waals surface area contributed by atoms with Crippen LogP contribution in [0, 0.1) is 11.7 Å². The molecule has 0 aliphatic carbocycles. The Balaban J connectivity index is 1.56. The number of morpholine rings is 1. The van der Waals surface area contributed by atoms with Gasteiger partial charge in [-0.05, 0) is 36.6 Å². The molecule has 132 valence electrons. The Morgan fingerprint density at radius 1 is 1.29 bits per heavy atom. The lowest BCUT2D eigenvalue weighted by Crippen LogP contribution is -2.50. The van der Waals surface area contributed by atoms with E-state index < -0.39 is 0 Å². The Morgan fingerprint density at radius 2 is 2.04 bits per heavy atom. The lowest BCUT2D eigenvalue weighted by Gasteiger charge is -2.37. The number of benzene rings is 1. The van der Waals surface area contributed by atoms with E-state index in [1.165, 1.54) is 12.1 Å². The number of rotatable bonds is 3. The van der Waals surface area contributed by atoms with E-state index in [1.54, 1.807) is 12.1 Å². The van der Waals surface area contributed by atoms with Crippen molar-refractivity contribution in [3.63, 3.8) is 0 Å². The molecule has 2 aliphatic heterocycles. The minimum atomic E-state index is -0.358. The molecule has 1 aromatic carbocycles. The van der Waals surface area contributed by atoms with Crippen LogP contribution in [-0.4, -0.2) is 66.2 Å². The number of likely N-dealkylation sites (tertiary alicyclic amines) is 1. The van der Waals surface area contributed by atoms with E-state index in [0.29, 0.717) is 38.7 Å². The first-order valence-electron chi connectivity index (χ1n) is 8.58. The highest BCUT2D eigenvalue weighted by Gasteiger charge is 2.29. The van der Waals surface area contributed by atoms with Gasteiger partial charge < -0.3 is 14.7 Å². The van der Waals surface area contributed by atoms with E-state index in [9.17, 15) is 14.3 Å². The highest BCUT2D eigenvalue weighted by molar-refractivity contribution is 5.78. The number of β-amino-alcohol motifs (C(OH)–C–C–N with tert-alkyl or cyclic N) is 1. The normalized spacial score (nSPS) is 28.8. The average molecular weight is 336 g/mol. The minimum absolute atomic E-state index is 0.0622. The molecule has 2 aliphatic rings. The monoisotopic (exact) mass is 336 g/mol. The molecule has 3 atom stereocenters. The Labute approximate surface area is 142 Å². The van der Waals surface area contributed by atoms with Crippen LogP contribution in [0.1, 0.15) is 25.0 Å². The largest absolute Gasteiger partial charge is 0.392 e. The van der Waals surface area contributed by atoms with Crippen molar-refractivity contribution in [2.75, 3.05) is 39.3 Å². The number of nitrogens with zero attached hydrogens (tertiary/aromatic N) is 2. The molecule has 0 saturated carbocycles. The molecule has 0 aromatic heterocycles. The zero-order valence-corrected chi connectivity index (χ0v) is 14.0. The Hall–Kier alpha value is -1.50. The predicted molar refractivity (Wildman–Crippen MR) is 87.9 cm³/mol. The topological polar surface area (TPSA) is 53.0 Å². The molecule has 2 heterocycles. The summed E-state index contributed by atoms with van der Waals surface area (Å²) in [7, 11) is 0. The summed E-state index contributed by atoms with van der Waals surface area (Å²) in [6, 6.07) is 6.23. The first-order chi connectivity index (χ1) is 11.5. The molecule has 2 fully saturated rings. The summed E-state index contributed by atoms with van der Waals surface area (Å²) in [5.74, 6) is 0.0788. The molecule has 1 aromatic rings. The molecule has 3 rings (SSSR count). The summed E-state index contributed by atoms with van der Waals surface area (Å²) in [5.41, 5.74) is 0.885. The summed E-state index contributed by atoms with van der Waals surface area (Å²) in [6.07, 6.45) is 0.342. The smallest absolute Gasteiger partial charge is 0.236 e. The van der Waals surface area contributed by atoms with Gasteiger partial charge in [0.1, 0.15) is 11.9 Å². The molecule has 5 nitrogen and oxygen atoms in total. The first-order valence-corrected chi connectivity index (χ1v) is 8.58. The summed E-state index contributed by atoms with van der Waals surface area (Å²) in [4.78, 5) is 16.4. The number of hydrogen-bond acceptors (Lipinski definition) is 4. The zero-order valence-electron chi connectivity index (χ0n) is 14.0. The second kappa shape index (κ2) is 7.59. The van der Waals surface area contributed by atoms with E-state index >= 15 is 0 Å². The number of amides is 1. The van der Waals surface area contributed by atoms with E-state index in [0.717, 1.165) is 18.5 Å². The van der Waals surface area contributed by atoms with Gasteiger partial charge in [-0.1, -0.05) is 19.1 Å². The molecule has 0 bridgehead atoms. The second-order valence-electron chi connectivity index (χ2n) is 6.82. The predicted octanol–water partition coefficient (Wildman–Crippen LogP) is 1.43. The van der Waals surface area contributed by atoms with Crippen molar-refractivity contribution in [2.45, 2.75) is 25.6 Å². The molecule has 0 spiro atoms. The SMILES string of the molecule is CC1CCN(CC(=O)N2CCOC(c3ccc(F)cc3)C2)CC1O. The van der Waals surface area contributed by atoms with Crippen LogP contribution in [-0.2, 0) is 9.53 Å². The van der Waals surface area contributed by atoms with Crippen molar-refractivity contribution in [2.24, 2.45) is 5.92 Å². The van der Waals surface area contributed by atoms with Gasteiger partial charge in [-0.15, -0.1) is 0 Å². The Morgan fingerprint density at radius 3 is 2.75 bits per heavy atom. The molecule has 0 radical (unpaired) electrons. The first kappa shape index (κ1) is 17.3. The van der Waals surface area contributed by atoms with Crippen LogP contribution in [0.25, 0.3) is 0 Å². The van der Waals surface area contributed by atoms with Gasteiger partial charge in [0.05, 0.1) is 25.8 Å². The van der Waals surface area contributed by atoms with Crippen molar-refractivity contribution in [1.29, 1.82) is 0 Å². The number of hydrogen-bond donors (Lipinski definition) is 1. The van der Waals surface area contributed by atoms with Crippen LogP contribution < -0.4 is 0 Å². The molecular weight excluding hydrogens is 311 g/mol. The van der Waals surface area contributed by atoms with Gasteiger partial charge in [0.25, 0.3) is 0 Å². The average Bonchev–Trinajstić information content (AvgIpc) is 2.59. The Kier molecular flexibility index (Phi) is 5.48. The summed E-state index contributed by atoms with van der Waals surface area (Å²) in [6.45, 7) is 5.31. The van der Waals surface area contributed by atoms with Crippen molar-refractivity contribution in [1.82, 2.24) is 9.80 Å². The standard InChI is InChI=1S/C18H25FN2O3/c1-13-6-7-20(10-16(13)22)12-18(23)21-8-9-24-17(11-21)14-2-4-15(19)5-3-14/h2-5,13,16-17,22H,6-12H2,1H3. The van der Waals surface area contributed by atoms with Gasteiger partial charge in [-0.2, -0.15) is 0 Å². The second-order valence-corrected chi connectivity index (χ2v) is 6.82. The van der Waals surface area contributed by atoms with Crippen LogP contribution >= 0.6 is 0 Å². The molecule has 24 heavy (non-hydrogen) atoms. The number of aliphatic hydroxyl groups is 1. The van der Waals surface area contributed by atoms with Gasteiger partial charge in [-0.3, -0.25) is 9.69 Å². The van der Waals surface area contributed by atoms with Crippen LogP contribution in [0.15, 0.2) is 24.3 Å². The number of halogens is 1. The van der Waals surface area contributed by atoms with Gasteiger partial charge >= 0.3 is 0 Å². The highest BCUT2D eigenvalue weighted by atomic mass is 19.1.